The molecule has 10 heteroatoms. The lowest BCUT2D eigenvalue weighted by Crippen LogP contribution is -2.54. The molecule has 0 bridgehead atoms. The largest absolute Gasteiger partial charge is 0.495 e. The number of hydrogen-bond acceptors (Lipinski definition) is 7. The van der Waals surface area contributed by atoms with Crippen LogP contribution in [0.2, 0.25) is 5.02 Å². The Hall–Kier alpha value is -3.72. The second kappa shape index (κ2) is 9.61. The normalized spacial score (nSPS) is 15.0. The minimum Gasteiger partial charge on any atom is -0.495 e. The van der Waals surface area contributed by atoms with Gasteiger partial charge in [0.05, 0.1) is 38.6 Å². The van der Waals surface area contributed by atoms with Crippen molar-refractivity contribution >= 4 is 41.2 Å². The molecular formula is C22H21ClN2O7. The van der Waals surface area contributed by atoms with Gasteiger partial charge < -0.3 is 18.9 Å². The standard InChI is InChI=1S/C22H21ClN2O7/c1-5-32-19-9-12(6-7-16(19)29-2)8-13-20(26)24-22(28)25(21(13)27)15-11-17(30-3)14(23)10-18(15)31-4/h6-11H,5H2,1-4H3,(H,24,26,28)/b13-8+. The van der Waals surface area contributed by atoms with Gasteiger partial charge in [0.2, 0.25) is 0 Å². The van der Waals surface area contributed by atoms with Gasteiger partial charge in [0.25, 0.3) is 11.8 Å². The number of ether oxygens (including phenoxy) is 4. The molecule has 32 heavy (non-hydrogen) atoms. The van der Waals surface area contributed by atoms with Gasteiger partial charge in [-0.25, -0.2) is 9.69 Å². The SMILES string of the molecule is CCOc1cc(/C=C2\C(=O)NC(=O)N(c3cc(OC)c(Cl)cc3OC)C2=O)ccc1OC. The van der Waals surface area contributed by atoms with Crippen LogP contribution in [0.3, 0.4) is 0 Å². The van der Waals surface area contributed by atoms with E-state index in [1.807, 2.05) is 6.92 Å². The van der Waals surface area contributed by atoms with Crippen molar-refractivity contribution in [3.05, 3.63) is 46.5 Å². The van der Waals surface area contributed by atoms with Crippen LogP contribution in [-0.4, -0.2) is 45.8 Å². The molecule has 3 rings (SSSR count). The molecule has 168 valence electrons. The van der Waals surface area contributed by atoms with Crippen LogP contribution in [0.4, 0.5) is 10.5 Å². The molecule has 1 N–H and O–H groups in total. The highest BCUT2D eigenvalue weighted by Gasteiger charge is 2.38. The van der Waals surface area contributed by atoms with Crippen LogP contribution in [0.25, 0.3) is 6.08 Å². The average Bonchev–Trinajstić information content (AvgIpc) is 2.77. The number of anilines is 1. The summed E-state index contributed by atoms with van der Waals surface area (Å²) in [6, 6.07) is 6.80. The first-order valence-corrected chi connectivity index (χ1v) is 9.86. The Bertz CT molecular complexity index is 1110. The van der Waals surface area contributed by atoms with Crippen molar-refractivity contribution in [1.29, 1.82) is 0 Å². The van der Waals surface area contributed by atoms with Crippen LogP contribution in [0.5, 0.6) is 23.0 Å². The molecule has 0 aromatic heterocycles. The lowest BCUT2D eigenvalue weighted by atomic mass is 10.1. The summed E-state index contributed by atoms with van der Waals surface area (Å²) in [5.41, 5.74) is 0.315. The Morgan fingerprint density at radius 1 is 0.938 bits per heavy atom. The van der Waals surface area contributed by atoms with Crippen LogP contribution in [0.1, 0.15) is 12.5 Å². The number of rotatable bonds is 7. The number of methoxy groups -OCH3 is 3. The fourth-order valence-electron chi connectivity index (χ4n) is 3.11. The van der Waals surface area contributed by atoms with Gasteiger partial charge in [0.15, 0.2) is 11.5 Å². The number of hydrogen-bond donors (Lipinski definition) is 1. The summed E-state index contributed by atoms with van der Waals surface area (Å²) < 4.78 is 21.2. The van der Waals surface area contributed by atoms with Gasteiger partial charge in [-0.2, -0.15) is 0 Å². The van der Waals surface area contributed by atoms with E-state index in [0.29, 0.717) is 23.7 Å². The number of urea groups is 1. The number of halogens is 1. The molecule has 1 aliphatic heterocycles. The van der Waals surface area contributed by atoms with Gasteiger partial charge in [-0.3, -0.25) is 14.9 Å². The first-order chi connectivity index (χ1) is 15.3. The molecule has 0 atom stereocenters. The van der Waals surface area contributed by atoms with Gasteiger partial charge in [0, 0.05) is 12.1 Å². The molecule has 9 nitrogen and oxygen atoms in total. The first-order valence-electron chi connectivity index (χ1n) is 9.48. The third-order valence-corrected chi connectivity index (χ3v) is 4.89. The minimum atomic E-state index is -0.926. The number of barbiturate groups is 1. The smallest absolute Gasteiger partial charge is 0.336 e. The maximum atomic E-state index is 13.2. The van der Waals surface area contributed by atoms with Crippen molar-refractivity contribution in [1.82, 2.24) is 5.32 Å². The van der Waals surface area contributed by atoms with E-state index in [2.05, 4.69) is 5.32 Å². The summed E-state index contributed by atoms with van der Waals surface area (Å²) in [7, 11) is 4.26. The van der Waals surface area contributed by atoms with Crippen molar-refractivity contribution in [2.45, 2.75) is 6.92 Å². The molecular weight excluding hydrogens is 440 g/mol. The highest BCUT2D eigenvalue weighted by atomic mass is 35.5. The Balaban J connectivity index is 2.08. The number of benzene rings is 2. The number of carbonyl (C=O) groups is 3. The van der Waals surface area contributed by atoms with Crippen molar-refractivity contribution in [3.63, 3.8) is 0 Å². The van der Waals surface area contributed by atoms with Gasteiger partial charge in [0.1, 0.15) is 17.1 Å². The van der Waals surface area contributed by atoms with Crippen molar-refractivity contribution in [3.8, 4) is 23.0 Å². The fourth-order valence-corrected chi connectivity index (χ4v) is 3.34. The lowest BCUT2D eigenvalue weighted by molar-refractivity contribution is -0.122. The third kappa shape index (κ3) is 4.33. The van der Waals surface area contributed by atoms with E-state index in [4.69, 9.17) is 30.5 Å². The van der Waals surface area contributed by atoms with Gasteiger partial charge in [-0.05, 0) is 30.7 Å². The van der Waals surface area contributed by atoms with Crippen molar-refractivity contribution < 1.29 is 33.3 Å². The molecule has 0 saturated carbocycles. The van der Waals surface area contributed by atoms with Crippen LogP contribution in [0, 0.1) is 0 Å². The molecule has 1 aliphatic rings. The molecule has 0 unspecified atom stereocenters. The zero-order chi connectivity index (χ0) is 23.4. The van der Waals surface area contributed by atoms with Crippen molar-refractivity contribution in [2.24, 2.45) is 0 Å². The number of imide groups is 2. The number of nitrogens with zero attached hydrogens (tertiary/aromatic N) is 1. The summed E-state index contributed by atoms with van der Waals surface area (Å²) in [4.78, 5) is 39.1. The van der Waals surface area contributed by atoms with E-state index in [1.54, 1.807) is 18.2 Å². The summed E-state index contributed by atoms with van der Waals surface area (Å²) in [6.45, 7) is 2.22. The van der Waals surface area contributed by atoms with Gasteiger partial charge >= 0.3 is 6.03 Å². The van der Waals surface area contributed by atoms with E-state index in [9.17, 15) is 14.4 Å². The minimum absolute atomic E-state index is 0.0689. The molecule has 2 aromatic carbocycles. The highest BCUT2D eigenvalue weighted by Crippen LogP contribution is 2.39. The van der Waals surface area contributed by atoms with E-state index < -0.39 is 17.8 Å². The zero-order valence-corrected chi connectivity index (χ0v) is 18.6. The number of nitrogens with one attached hydrogen (secondary N) is 1. The molecule has 0 aliphatic carbocycles. The first kappa shape index (κ1) is 23.0. The predicted molar refractivity (Wildman–Crippen MR) is 118 cm³/mol. The maximum absolute atomic E-state index is 13.2. The van der Waals surface area contributed by atoms with Gasteiger partial charge in [-0.1, -0.05) is 17.7 Å². The topological polar surface area (TPSA) is 103 Å². The second-order valence-electron chi connectivity index (χ2n) is 6.46. The molecule has 1 fully saturated rings. The molecule has 4 amide bonds. The molecule has 1 saturated heterocycles. The molecule has 1 heterocycles. The van der Waals surface area contributed by atoms with E-state index >= 15 is 0 Å². The van der Waals surface area contributed by atoms with Crippen LogP contribution in [-0.2, 0) is 9.59 Å². The van der Waals surface area contributed by atoms with Gasteiger partial charge in [-0.15, -0.1) is 0 Å². The Labute approximate surface area is 189 Å². The van der Waals surface area contributed by atoms with Crippen LogP contribution >= 0.6 is 11.6 Å². The third-order valence-electron chi connectivity index (χ3n) is 4.59. The Kier molecular flexibility index (Phi) is 6.89. The van der Waals surface area contributed by atoms with E-state index in [1.165, 1.54) is 39.5 Å². The number of amides is 4. The molecule has 2 aromatic rings. The zero-order valence-electron chi connectivity index (χ0n) is 17.9. The van der Waals surface area contributed by atoms with Crippen LogP contribution in [0.15, 0.2) is 35.9 Å². The van der Waals surface area contributed by atoms with Crippen molar-refractivity contribution in [2.75, 3.05) is 32.8 Å². The summed E-state index contributed by atoms with van der Waals surface area (Å²) >= 11 is 6.12. The highest BCUT2D eigenvalue weighted by molar-refractivity contribution is 6.39. The fraction of sp³-hybridized carbons (Fsp3) is 0.227. The average molecular weight is 461 g/mol. The van der Waals surface area contributed by atoms with E-state index in [-0.39, 0.29) is 27.8 Å². The summed E-state index contributed by atoms with van der Waals surface area (Å²) in [5, 5.41) is 2.40. The summed E-state index contributed by atoms with van der Waals surface area (Å²) in [5.74, 6) is -0.341. The quantitative estimate of drug-likeness (QED) is 0.498. The summed E-state index contributed by atoms with van der Waals surface area (Å²) in [6.07, 6.45) is 1.36. The monoisotopic (exact) mass is 460 g/mol. The lowest BCUT2D eigenvalue weighted by Gasteiger charge is -2.28. The van der Waals surface area contributed by atoms with E-state index in [0.717, 1.165) is 4.90 Å². The maximum Gasteiger partial charge on any atom is 0.336 e. The Morgan fingerprint density at radius 2 is 1.62 bits per heavy atom. The second-order valence-corrected chi connectivity index (χ2v) is 6.87. The predicted octanol–water partition coefficient (Wildman–Crippen LogP) is 3.43. The van der Waals surface area contributed by atoms with Crippen LogP contribution < -0.4 is 29.2 Å². The number of carbonyl (C=O) groups excluding carboxylic acids is 3. The molecule has 0 radical (unpaired) electrons. The Morgan fingerprint density at radius 3 is 2.25 bits per heavy atom. The molecule has 0 spiro atoms.